The van der Waals surface area contributed by atoms with Crippen LogP contribution in [0.3, 0.4) is 0 Å². The Morgan fingerprint density at radius 3 is 2.70 bits per heavy atom. The molecular weight excluding hydrogens is 276 g/mol. The topological polar surface area (TPSA) is 64.3 Å². The molecule has 2 rings (SSSR count). The number of methoxy groups -OCH3 is 1. The Labute approximate surface area is 122 Å². The minimum atomic E-state index is -0.251. The summed E-state index contributed by atoms with van der Waals surface area (Å²) >= 11 is 6.11. The van der Waals surface area contributed by atoms with Crippen LogP contribution in [-0.2, 0) is 0 Å². The fourth-order valence-electron chi connectivity index (χ4n) is 1.88. The molecular formula is C15H15ClN2O2. The average molecular weight is 291 g/mol. The molecule has 0 spiro atoms. The van der Waals surface area contributed by atoms with Gasteiger partial charge in [0.05, 0.1) is 17.8 Å². The van der Waals surface area contributed by atoms with Crippen LogP contribution in [0.5, 0.6) is 5.75 Å². The first-order valence-corrected chi connectivity index (χ1v) is 6.40. The molecule has 0 aliphatic carbocycles. The number of aryl methyl sites for hydroxylation is 1. The van der Waals surface area contributed by atoms with Crippen LogP contribution in [0, 0.1) is 6.92 Å². The second kappa shape index (κ2) is 5.84. The second-order valence-electron chi connectivity index (χ2n) is 4.38. The molecule has 0 bridgehead atoms. The second-order valence-corrected chi connectivity index (χ2v) is 4.79. The number of amides is 1. The Kier molecular flexibility index (Phi) is 4.15. The summed E-state index contributed by atoms with van der Waals surface area (Å²) in [5, 5.41) is 3.21. The number of rotatable bonds is 3. The number of carbonyl (C=O) groups is 1. The monoisotopic (exact) mass is 290 g/mol. The number of nitrogens with two attached hydrogens (primary N) is 1. The van der Waals surface area contributed by atoms with E-state index in [0.29, 0.717) is 27.7 Å². The van der Waals surface area contributed by atoms with Gasteiger partial charge in [-0.25, -0.2) is 0 Å². The zero-order valence-electron chi connectivity index (χ0n) is 11.2. The van der Waals surface area contributed by atoms with Crippen LogP contribution >= 0.6 is 11.6 Å². The van der Waals surface area contributed by atoms with Crippen LogP contribution in [0.15, 0.2) is 36.4 Å². The molecule has 104 valence electrons. The van der Waals surface area contributed by atoms with Crippen molar-refractivity contribution >= 4 is 28.9 Å². The van der Waals surface area contributed by atoms with Crippen LogP contribution in [0.2, 0.25) is 5.02 Å². The number of hydrogen-bond acceptors (Lipinski definition) is 3. The molecule has 5 heteroatoms. The van der Waals surface area contributed by atoms with Gasteiger partial charge in [0.25, 0.3) is 5.91 Å². The molecule has 2 aromatic carbocycles. The lowest BCUT2D eigenvalue weighted by Gasteiger charge is -2.12. The molecule has 4 nitrogen and oxygen atoms in total. The summed E-state index contributed by atoms with van der Waals surface area (Å²) in [6.45, 7) is 1.84. The van der Waals surface area contributed by atoms with E-state index in [9.17, 15) is 4.79 Å². The highest BCUT2D eigenvalue weighted by molar-refractivity contribution is 6.34. The largest absolute Gasteiger partial charge is 0.497 e. The molecule has 2 aromatic rings. The van der Waals surface area contributed by atoms with Crippen molar-refractivity contribution in [2.75, 3.05) is 18.2 Å². The summed E-state index contributed by atoms with van der Waals surface area (Å²) in [5.74, 6) is 0.372. The van der Waals surface area contributed by atoms with Crippen LogP contribution < -0.4 is 15.8 Å². The molecule has 0 heterocycles. The molecule has 0 saturated heterocycles. The van der Waals surface area contributed by atoms with Gasteiger partial charge in [-0.2, -0.15) is 0 Å². The van der Waals surface area contributed by atoms with Crippen molar-refractivity contribution in [3.8, 4) is 5.75 Å². The smallest absolute Gasteiger partial charge is 0.255 e. The van der Waals surface area contributed by atoms with Crippen LogP contribution in [0.4, 0.5) is 11.4 Å². The first kappa shape index (κ1) is 14.2. The fraction of sp³-hybridized carbons (Fsp3) is 0.133. The van der Waals surface area contributed by atoms with Crippen molar-refractivity contribution in [3.05, 3.63) is 52.5 Å². The maximum Gasteiger partial charge on any atom is 0.255 e. The quantitative estimate of drug-likeness (QED) is 0.851. The van der Waals surface area contributed by atoms with E-state index >= 15 is 0 Å². The number of nitrogens with one attached hydrogen (secondary N) is 1. The number of ether oxygens (including phenoxy) is 1. The number of hydrogen-bond donors (Lipinski definition) is 2. The lowest BCUT2D eigenvalue weighted by atomic mass is 10.1. The van der Waals surface area contributed by atoms with E-state index in [1.54, 1.807) is 43.5 Å². The van der Waals surface area contributed by atoms with Crippen LogP contribution in [0.1, 0.15) is 15.9 Å². The van der Waals surface area contributed by atoms with Gasteiger partial charge >= 0.3 is 0 Å². The molecule has 0 radical (unpaired) electrons. The Balaban J connectivity index is 2.28. The molecule has 0 aliphatic heterocycles. The van der Waals surface area contributed by atoms with Gasteiger partial charge in [-0.15, -0.1) is 0 Å². The number of anilines is 2. The highest BCUT2D eigenvalue weighted by Crippen LogP contribution is 2.29. The van der Waals surface area contributed by atoms with Crippen molar-refractivity contribution in [1.82, 2.24) is 0 Å². The van der Waals surface area contributed by atoms with Gasteiger partial charge in [-0.3, -0.25) is 4.79 Å². The number of carbonyl (C=O) groups excluding carboxylic acids is 1. The Hall–Kier alpha value is -2.20. The summed E-state index contributed by atoms with van der Waals surface area (Å²) < 4.78 is 5.10. The fourth-order valence-corrected chi connectivity index (χ4v) is 2.20. The van der Waals surface area contributed by atoms with Gasteiger partial charge in [0.15, 0.2) is 0 Å². The molecule has 0 fully saturated rings. The van der Waals surface area contributed by atoms with Crippen molar-refractivity contribution in [3.63, 3.8) is 0 Å². The summed E-state index contributed by atoms with van der Waals surface area (Å²) in [5.41, 5.74) is 8.13. The highest BCUT2D eigenvalue weighted by Gasteiger charge is 2.12. The first-order chi connectivity index (χ1) is 9.51. The SMILES string of the molecule is COc1cccc(C(=O)Nc2c(C)cc(N)cc2Cl)c1. The Bertz CT molecular complexity index is 633. The summed E-state index contributed by atoms with van der Waals surface area (Å²) in [6, 6.07) is 10.3. The molecule has 0 atom stereocenters. The molecule has 0 aromatic heterocycles. The van der Waals surface area contributed by atoms with Gasteiger partial charge < -0.3 is 15.8 Å². The van der Waals surface area contributed by atoms with Crippen molar-refractivity contribution < 1.29 is 9.53 Å². The average Bonchev–Trinajstić information content (AvgIpc) is 2.42. The minimum absolute atomic E-state index is 0.251. The third-order valence-corrected chi connectivity index (χ3v) is 3.18. The molecule has 0 aliphatic rings. The van der Waals surface area contributed by atoms with Gasteiger partial charge in [-0.1, -0.05) is 17.7 Å². The van der Waals surface area contributed by atoms with E-state index in [0.717, 1.165) is 5.56 Å². The molecule has 0 unspecified atom stereocenters. The lowest BCUT2D eigenvalue weighted by molar-refractivity contribution is 0.102. The van der Waals surface area contributed by atoms with Gasteiger partial charge in [-0.05, 0) is 42.8 Å². The van der Waals surface area contributed by atoms with E-state index in [2.05, 4.69) is 5.32 Å². The van der Waals surface area contributed by atoms with Gasteiger partial charge in [0.2, 0.25) is 0 Å². The summed E-state index contributed by atoms with van der Waals surface area (Å²) in [6.07, 6.45) is 0. The minimum Gasteiger partial charge on any atom is -0.497 e. The lowest BCUT2D eigenvalue weighted by Crippen LogP contribution is -2.13. The van der Waals surface area contributed by atoms with Crippen molar-refractivity contribution in [2.24, 2.45) is 0 Å². The van der Waals surface area contributed by atoms with E-state index < -0.39 is 0 Å². The molecule has 0 saturated carbocycles. The number of nitrogen functional groups attached to an aromatic ring is 1. The number of halogens is 1. The van der Waals surface area contributed by atoms with Gasteiger partial charge in [0.1, 0.15) is 5.75 Å². The standard InChI is InChI=1S/C15H15ClN2O2/c1-9-6-11(17)8-13(16)14(9)18-15(19)10-4-3-5-12(7-10)20-2/h3-8H,17H2,1-2H3,(H,18,19). The molecule has 20 heavy (non-hydrogen) atoms. The normalized spacial score (nSPS) is 10.2. The predicted molar refractivity (Wildman–Crippen MR) is 81.5 cm³/mol. The van der Waals surface area contributed by atoms with Gasteiger partial charge in [0, 0.05) is 11.3 Å². The molecule has 1 amide bonds. The summed E-state index contributed by atoms with van der Waals surface area (Å²) in [7, 11) is 1.55. The van der Waals surface area contributed by atoms with Crippen molar-refractivity contribution in [2.45, 2.75) is 6.92 Å². The van der Waals surface area contributed by atoms with Crippen LogP contribution in [-0.4, -0.2) is 13.0 Å². The van der Waals surface area contributed by atoms with Crippen molar-refractivity contribution in [1.29, 1.82) is 0 Å². The predicted octanol–water partition coefficient (Wildman–Crippen LogP) is 3.49. The summed E-state index contributed by atoms with van der Waals surface area (Å²) in [4.78, 5) is 12.2. The van der Waals surface area contributed by atoms with E-state index in [1.165, 1.54) is 0 Å². The Morgan fingerprint density at radius 2 is 2.05 bits per heavy atom. The zero-order valence-corrected chi connectivity index (χ0v) is 12.0. The number of benzene rings is 2. The van der Waals surface area contributed by atoms with E-state index in [-0.39, 0.29) is 5.91 Å². The third-order valence-electron chi connectivity index (χ3n) is 2.88. The van der Waals surface area contributed by atoms with E-state index in [1.807, 2.05) is 6.92 Å². The maximum atomic E-state index is 12.2. The van der Waals surface area contributed by atoms with E-state index in [4.69, 9.17) is 22.1 Å². The Morgan fingerprint density at radius 1 is 1.30 bits per heavy atom. The molecule has 3 N–H and O–H groups in total. The first-order valence-electron chi connectivity index (χ1n) is 6.02. The maximum absolute atomic E-state index is 12.2. The highest BCUT2D eigenvalue weighted by atomic mass is 35.5. The zero-order chi connectivity index (χ0) is 14.7. The van der Waals surface area contributed by atoms with Crippen LogP contribution in [0.25, 0.3) is 0 Å². The third kappa shape index (κ3) is 3.03.